The van der Waals surface area contributed by atoms with Crippen LogP contribution in [0.4, 0.5) is 5.13 Å². The van der Waals surface area contributed by atoms with Crippen LogP contribution in [0.25, 0.3) is 10.2 Å². The van der Waals surface area contributed by atoms with Gasteiger partial charge in [0.25, 0.3) is 0 Å². The van der Waals surface area contributed by atoms with Gasteiger partial charge in [-0.3, -0.25) is 9.59 Å². The molecule has 26 heavy (non-hydrogen) atoms. The van der Waals surface area contributed by atoms with Crippen LogP contribution >= 0.6 is 11.3 Å². The summed E-state index contributed by atoms with van der Waals surface area (Å²) < 4.78 is 1.01. The van der Waals surface area contributed by atoms with Gasteiger partial charge in [-0.2, -0.15) is 0 Å². The van der Waals surface area contributed by atoms with E-state index in [2.05, 4.69) is 15.6 Å². The number of rotatable bonds is 6. The van der Waals surface area contributed by atoms with Gasteiger partial charge < -0.3 is 10.6 Å². The van der Waals surface area contributed by atoms with Crippen LogP contribution in [-0.4, -0.2) is 22.8 Å². The Morgan fingerprint density at radius 1 is 1.04 bits per heavy atom. The van der Waals surface area contributed by atoms with Crippen LogP contribution in [0.3, 0.4) is 0 Å². The predicted molar refractivity (Wildman–Crippen MR) is 105 cm³/mol. The van der Waals surface area contributed by atoms with Gasteiger partial charge >= 0.3 is 0 Å². The molecule has 0 aliphatic rings. The van der Waals surface area contributed by atoms with Gasteiger partial charge in [-0.15, -0.1) is 0 Å². The largest absolute Gasteiger partial charge is 0.344 e. The van der Waals surface area contributed by atoms with E-state index in [-0.39, 0.29) is 24.2 Å². The van der Waals surface area contributed by atoms with Crippen LogP contribution in [0.2, 0.25) is 0 Å². The number of thiazole rings is 1. The van der Waals surface area contributed by atoms with Crippen molar-refractivity contribution in [3.05, 3.63) is 60.2 Å². The first kappa shape index (κ1) is 18.1. The second-order valence-electron chi connectivity index (χ2n) is 6.43. The number of hydrogen-bond donors (Lipinski definition) is 2. The van der Waals surface area contributed by atoms with Crippen molar-refractivity contribution >= 4 is 38.5 Å². The van der Waals surface area contributed by atoms with Crippen molar-refractivity contribution in [3.63, 3.8) is 0 Å². The number of hydrogen-bond acceptors (Lipinski definition) is 4. The summed E-state index contributed by atoms with van der Waals surface area (Å²) in [5, 5.41) is 6.22. The Labute approximate surface area is 156 Å². The summed E-state index contributed by atoms with van der Waals surface area (Å²) in [5.74, 6) is -0.459. The number of anilines is 1. The van der Waals surface area contributed by atoms with Crippen molar-refractivity contribution in [3.8, 4) is 0 Å². The first-order valence-electron chi connectivity index (χ1n) is 8.52. The monoisotopic (exact) mass is 367 g/mol. The first-order chi connectivity index (χ1) is 12.5. The van der Waals surface area contributed by atoms with E-state index >= 15 is 0 Å². The lowest BCUT2D eigenvalue weighted by Crippen LogP contribution is -2.47. The van der Waals surface area contributed by atoms with E-state index in [1.54, 1.807) is 0 Å². The topological polar surface area (TPSA) is 71.1 Å². The van der Waals surface area contributed by atoms with Gasteiger partial charge in [-0.25, -0.2) is 4.98 Å². The van der Waals surface area contributed by atoms with E-state index in [0.717, 1.165) is 15.8 Å². The normalized spacial score (nSPS) is 12.1. The molecule has 0 saturated heterocycles. The Morgan fingerprint density at radius 2 is 1.73 bits per heavy atom. The highest BCUT2D eigenvalue weighted by molar-refractivity contribution is 7.22. The van der Waals surface area contributed by atoms with E-state index in [1.807, 2.05) is 68.4 Å². The second kappa shape index (κ2) is 8.10. The first-order valence-corrected chi connectivity index (χ1v) is 9.34. The van der Waals surface area contributed by atoms with Gasteiger partial charge in [0.05, 0.1) is 16.6 Å². The lowest BCUT2D eigenvalue weighted by molar-refractivity contribution is -0.127. The van der Waals surface area contributed by atoms with Crippen LogP contribution in [0.15, 0.2) is 54.6 Å². The molecule has 2 aromatic carbocycles. The molecule has 3 aromatic rings. The molecule has 1 aromatic heterocycles. The summed E-state index contributed by atoms with van der Waals surface area (Å²) in [5.41, 5.74) is 1.76. The van der Waals surface area contributed by atoms with E-state index in [1.165, 1.54) is 11.3 Å². The summed E-state index contributed by atoms with van der Waals surface area (Å²) in [6, 6.07) is 16.6. The lowest BCUT2D eigenvalue weighted by atomic mass is 10.0. The zero-order chi connectivity index (χ0) is 18.5. The molecule has 6 heteroatoms. The number of para-hydroxylation sites is 1. The molecular weight excluding hydrogens is 346 g/mol. The molecule has 1 atom stereocenters. The number of nitrogens with one attached hydrogen (secondary N) is 2. The number of fused-ring (bicyclic) bond motifs is 1. The zero-order valence-electron chi connectivity index (χ0n) is 14.7. The molecule has 0 radical (unpaired) electrons. The summed E-state index contributed by atoms with van der Waals surface area (Å²) in [7, 11) is 0. The fourth-order valence-electron chi connectivity index (χ4n) is 2.65. The van der Waals surface area contributed by atoms with Crippen LogP contribution in [-0.2, 0) is 16.0 Å². The summed E-state index contributed by atoms with van der Waals surface area (Å²) in [4.78, 5) is 29.4. The van der Waals surface area contributed by atoms with Gasteiger partial charge in [-0.05, 0) is 23.6 Å². The van der Waals surface area contributed by atoms with E-state index in [0.29, 0.717) is 5.13 Å². The van der Waals surface area contributed by atoms with Crippen LogP contribution in [0.1, 0.15) is 19.4 Å². The highest BCUT2D eigenvalue weighted by atomic mass is 32.1. The van der Waals surface area contributed by atoms with E-state index in [9.17, 15) is 9.59 Å². The van der Waals surface area contributed by atoms with Gasteiger partial charge in [0.15, 0.2) is 5.13 Å². The Balaban J connectivity index is 1.66. The number of carbonyl (C=O) groups is 2. The number of benzene rings is 2. The molecule has 2 amide bonds. The molecule has 0 saturated carbocycles. The molecule has 5 nitrogen and oxygen atoms in total. The third-order valence-electron chi connectivity index (χ3n) is 4.00. The number of carbonyl (C=O) groups excluding carboxylic acids is 2. The van der Waals surface area contributed by atoms with Gasteiger partial charge in [0.2, 0.25) is 11.8 Å². The second-order valence-corrected chi connectivity index (χ2v) is 7.46. The molecular formula is C20H21N3O2S. The van der Waals surface area contributed by atoms with Gasteiger partial charge in [-0.1, -0.05) is 67.6 Å². The minimum absolute atomic E-state index is 0.0379. The Morgan fingerprint density at radius 3 is 2.42 bits per heavy atom. The Kier molecular flexibility index (Phi) is 5.63. The Bertz CT molecular complexity index is 873. The van der Waals surface area contributed by atoms with Crippen LogP contribution in [0.5, 0.6) is 0 Å². The van der Waals surface area contributed by atoms with Crippen molar-refractivity contribution in [2.75, 3.05) is 5.32 Å². The smallest absolute Gasteiger partial charge is 0.248 e. The SMILES string of the molecule is CC(C)C(NC(=O)Cc1ccccc1)C(=O)Nc1nc2ccccc2s1. The third-order valence-corrected chi connectivity index (χ3v) is 4.95. The minimum atomic E-state index is -0.613. The molecule has 0 fully saturated rings. The molecule has 0 spiro atoms. The number of aromatic nitrogens is 1. The van der Waals surface area contributed by atoms with Crippen molar-refractivity contribution in [1.82, 2.24) is 10.3 Å². The lowest BCUT2D eigenvalue weighted by Gasteiger charge is -2.21. The maximum atomic E-state index is 12.7. The maximum Gasteiger partial charge on any atom is 0.248 e. The molecule has 0 bridgehead atoms. The highest BCUT2D eigenvalue weighted by Gasteiger charge is 2.25. The Hall–Kier alpha value is -2.73. The molecule has 0 aliphatic heterocycles. The molecule has 1 heterocycles. The summed E-state index contributed by atoms with van der Waals surface area (Å²) in [6.07, 6.45) is 0.248. The fourth-order valence-corrected chi connectivity index (χ4v) is 3.52. The number of nitrogens with zero attached hydrogens (tertiary/aromatic N) is 1. The minimum Gasteiger partial charge on any atom is -0.344 e. The van der Waals surface area contributed by atoms with Crippen molar-refractivity contribution in [2.45, 2.75) is 26.3 Å². The summed E-state index contributed by atoms with van der Waals surface area (Å²) in [6.45, 7) is 3.82. The maximum absolute atomic E-state index is 12.7. The fraction of sp³-hybridized carbons (Fsp3) is 0.250. The standard InChI is InChI=1S/C20H21N3O2S/c1-13(2)18(22-17(24)12-14-8-4-3-5-9-14)19(25)23-20-21-15-10-6-7-11-16(15)26-20/h3-11,13,18H,12H2,1-2H3,(H,22,24)(H,21,23,25). The van der Waals surface area contributed by atoms with Gasteiger partial charge in [0.1, 0.15) is 6.04 Å². The van der Waals surface area contributed by atoms with Crippen molar-refractivity contribution in [2.24, 2.45) is 5.92 Å². The zero-order valence-corrected chi connectivity index (χ0v) is 15.5. The molecule has 0 aliphatic carbocycles. The van der Waals surface area contributed by atoms with Crippen molar-refractivity contribution in [1.29, 1.82) is 0 Å². The highest BCUT2D eigenvalue weighted by Crippen LogP contribution is 2.25. The van der Waals surface area contributed by atoms with E-state index < -0.39 is 6.04 Å². The predicted octanol–water partition coefficient (Wildman–Crippen LogP) is 3.62. The van der Waals surface area contributed by atoms with Crippen molar-refractivity contribution < 1.29 is 9.59 Å². The summed E-state index contributed by atoms with van der Waals surface area (Å²) >= 11 is 1.42. The average molecular weight is 367 g/mol. The van der Waals surface area contributed by atoms with Crippen LogP contribution in [0, 0.1) is 5.92 Å². The molecule has 1 unspecified atom stereocenters. The average Bonchev–Trinajstić information content (AvgIpc) is 3.02. The van der Waals surface area contributed by atoms with Gasteiger partial charge in [0, 0.05) is 0 Å². The van der Waals surface area contributed by atoms with Crippen LogP contribution < -0.4 is 10.6 Å². The van der Waals surface area contributed by atoms with E-state index in [4.69, 9.17) is 0 Å². The third kappa shape index (κ3) is 4.46. The quantitative estimate of drug-likeness (QED) is 0.699. The molecule has 134 valence electrons. The molecule has 3 rings (SSSR count). The molecule has 2 N–H and O–H groups in total. The number of amides is 2.